The summed E-state index contributed by atoms with van der Waals surface area (Å²) in [5, 5.41) is 2.83. The van der Waals surface area contributed by atoms with E-state index in [0.717, 1.165) is 19.4 Å². The van der Waals surface area contributed by atoms with E-state index in [0.29, 0.717) is 19.0 Å². The molecule has 1 aliphatic heterocycles. The van der Waals surface area contributed by atoms with Crippen molar-refractivity contribution < 1.29 is 18.0 Å². The highest BCUT2D eigenvalue weighted by Crippen LogP contribution is 2.37. The molecule has 0 aromatic carbocycles. The van der Waals surface area contributed by atoms with Crippen LogP contribution < -0.4 is 5.32 Å². The largest absolute Gasteiger partial charge is 0.447 e. The zero-order valence-electron chi connectivity index (χ0n) is 12.6. The molecule has 0 unspecified atom stereocenters. The summed E-state index contributed by atoms with van der Waals surface area (Å²) in [5.41, 5.74) is -4.43. The highest BCUT2D eigenvalue weighted by Gasteiger charge is 2.33. The number of hydrogen-bond donors (Lipinski definition) is 1. The van der Waals surface area contributed by atoms with E-state index in [1.54, 1.807) is 4.90 Å². The molecule has 9 heteroatoms. The van der Waals surface area contributed by atoms with Crippen molar-refractivity contribution >= 4 is 30.1 Å². The number of carbonyl (C=O) groups is 1. The van der Waals surface area contributed by atoms with Crippen molar-refractivity contribution in [1.29, 1.82) is 0 Å². The molecule has 1 aromatic rings. The minimum Gasteiger partial charge on any atom is -0.339 e. The number of thioether (sulfide) groups is 1. The van der Waals surface area contributed by atoms with E-state index in [9.17, 15) is 18.0 Å². The van der Waals surface area contributed by atoms with Crippen molar-refractivity contribution in [2.45, 2.75) is 23.4 Å². The predicted molar refractivity (Wildman–Crippen MR) is 86.0 cm³/mol. The van der Waals surface area contributed by atoms with Gasteiger partial charge in [-0.05, 0) is 44.5 Å². The maximum atomic E-state index is 12.6. The van der Waals surface area contributed by atoms with Crippen molar-refractivity contribution in [2.75, 3.05) is 26.7 Å². The second kappa shape index (κ2) is 8.75. The van der Waals surface area contributed by atoms with Crippen LogP contribution >= 0.6 is 24.2 Å². The quantitative estimate of drug-likeness (QED) is 0.828. The molecule has 130 valence electrons. The summed E-state index contributed by atoms with van der Waals surface area (Å²) >= 11 is -0.340. The summed E-state index contributed by atoms with van der Waals surface area (Å²) in [6.45, 7) is 2.02. The smallest absolute Gasteiger partial charge is 0.339 e. The molecule has 1 saturated heterocycles. The van der Waals surface area contributed by atoms with E-state index in [1.807, 2.05) is 7.05 Å². The van der Waals surface area contributed by atoms with Crippen molar-refractivity contribution in [3.63, 3.8) is 0 Å². The van der Waals surface area contributed by atoms with Crippen LogP contribution in [-0.2, 0) is 0 Å². The fraction of sp³-hybridized carbons (Fsp3) is 0.571. The molecule has 1 amide bonds. The van der Waals surface area contributed by atoms with Gasteiger partial charge in [-0.3, -0.25) is 4.79 Å². The SMILES string of the molecule is CNCC1CCN(C(=O)c2cccnc2SC(F)(F)F)CC1.Cl. The van der Waals surface area contributed by atoms with Gasteiger partial charge in [0.1, 0.15) is 5.03 Å². The molecule has 2 rings (SSSR count). The number of nitrogens with one attached hydrogen (secondary N) is 1. The van der Waals surface area contributed by atoms with Gasteiger partial charge in [0.05, 0.1) is 5.56 Å². The number of halogens is 4. The number of piperidine rings is 1. The lowest BCUT2D eigenvalue weighted by Gasteiger charge is -2.32. The first-order chi connectivity index (χ1) is 10.4. The van der Waals surface area contributed by atoms with Gasteiger partial charge >= 0.3 is 5.51 Å². The molecule has 0 spiro atoms. The number of likely N-dealkylation sites (tertiary alicyclic amines) is 1. The lowest BCUT2D eigenvalue weighted by Crippen LogP contribution is -2.40. The molecule has 23 heavy (non-hydrogen) atoms. The summed E-state index contributed by atoms with van der Waals surface area (Å²) < 4.78 is 37.7. The number of alkyl halides is 3. The third kappa shape index (κ3) is 5.86. The predicted octanol–water partition coefficient (Wildman–Crippen LogP) is 3.19. The third-order valence-corrected chi connectivity index (χ3v) is 4.36. The van der Waals surface area contributed by atoms with E-state index in [1.165, 1.54) is 18.3 Å². The van der Waals surface area contributed by atoms with Crippen LogP contribution in [0.15, 0.2) is 23.4 Å². The molecular weight excluding hydrogens is 351 g/mol. The average Bonchev–Trinajstić information content (AvgIpc) is 2.47. The molecule has 1 aromatic heterocycles. The summed E-state index contributed by atoms with van der Waals surface area (Å²) in [7, 11) is 1.88. The van der Waals surface area contributed by atoms with E-state index in [2.05, 4.69) is 10.3 Å². The molecule has 2 heterocycles. The van der Waals surface area contributed by atoms with E-state index in [-0.39, 0.29) is 40.7 Å². The Labute approximate surface area is 143 Å². The molecule has 1 fully saturated rings. The Morgan fingerprint density at radius 1 is 1.43 bits per heavy atom. The first kappa shape index (κ1) is 20.1. The summed E-state index contributed by atoms with van der Waals surface area (Å²) in [5.74, 6) is 0.134. The van der Waals surface area contributed by atoms with Gasteiger partial charge in [0.2, 0.25) is 0 Å². The zero-order chi connectivity index (χ0) is 16.2. The fourth-order valence-electron chi connectivity index (χ4n) is 2.54. The van der Waals surface area contributed by atoms with Crippen molar-refractivity contribution in [2.24, 2.45) is 5.92 Å². The maximum absolute atomic E-state index is 12.6. The van der Waals surface area contributed by atoms with Crippen LogP contribution in [0.5, 0.6) is 0 Å². The standard InChI is InChI=1S/C14H18F3N3OS.ClH/c1-18-9-10-4-7-20(8-5-10)13(21)11-3-2-6-19-12(11)22-14(15,16)17;/h2-3,6,10,18H,4-5,7-9H2,1H3;1H. The van der Waals surface area contributed by atoms with Gasteiger partial charge in [-0.1, -0.05) is 0 Å². The molecule has 0 atom stereocenters. The number of amides is 1. The number of rotatable bonds is 4. The minimum atomic E-state index is -4.46. The van der Waals surface area contributed by atoms with Gasteiger partial charge in [-0.15, -0.1) is 12.4 Å². The lowest BCUT2D eigenvalue weighted by atomic mass is 9.96. The molecule has 0 aliphatic carbocycles. The molecule has 0 bridgehead atoms. The Morgan fingerprint density at radius 3 is 2.65 bits per heavy atom. The normalized spacial score (nSPS) is 16.1. The van der Waals surface area contributed by atoms with Crippen LogP contribution in [0.25, 0.3) is 0 Å². The number of hydrogen-bond acceptors (Lipinski definition) is 4. The second-order valence-electron chi connectivity index (χ2n) is 5.20. The Bertz CT molecular complexity index is 522. The van der Waals surface area contributed by atoms with Crippen LogP contribution in [0.1, 0.15) is 23.2 Å². The van der Waals surface area contributed by atoms with E-state index < -0.39 is 5.51 Å². The molecule has 0 radical (unpaired) electrons. The number of aromatic nitrogens is 1. The van der Waals surface area contributed by atoms with Crippen LogP contribution in [0.2, 0.25) is 0 Å². The molecular formula is C14H19ClF3N3OS. The molecule has 1 N–H and O–H groups in total. The van der Waals surface area contributed by atoms with Crippen molar-refractivity contribution in [3.05, 3.63) is 23.9 Å². The van der Waals surface area contributed by atoms with Gasteiger partial charge in [-0.25, -0.2) is 4.98 Å². The minimum absolute atomic E-state index is 0. The Kier molecular flexibility index (Phi) is 7.63. The maximum Gasteiger partial charge on any atom is 0.447 e. The monoisotopic (exact) mass is 369 g/mol. The third-order valence-electron chi connectivity index (χ3n) is 3.61. The number of carbonyl (C=O) groups excluding carboxylic acids is 1. The Hall–Kier alpha value is -0.990. The molecule has 1 aliphatic rings. The van der Waals surface area contributed by atoms with E-state index >= 15 is 0 Å². The van der Waals surface area contributed by atoms with Gasteiger partial charge in [-0.2, -0.15) is 13.2 Å². The summed E-state index contributed by atoms with van der Waals surface area (Å²) in [6, 6.07) is 2.89. The van der Waals surface area contributed by atoms with Gasteiger partial charge in [0.15, 0.2) is 0 Å². The Morgan fingerprint density at radius 2 is 2.09 bits per heavy atom. The van der Waals surface area contributed by atoms with Crippen LogP contribution in [0, 0.1) is 5.92 Å². The van der Waals surface area contributed by atoms with Gasteiger partial charge in [0, 0.05) is 31.0 Å². The molecule has 4 nitrogen and oxygen atoms in total. The highest BCUT2D eigenvalue weighted by atomic mass is 35.5. The average molecular weight is 370 g/mol. The second-order valence-corrected chi connectivity index (χ2v) is 6.25. The number of nitrogens with zero attached hydrogens (tertiary/aromatic N) is 2. The van der Waals surface area contributed by atoms with Gasteiger partial charge < -0.3 is 10.2 Å². The van der Waals surface area contributed by atoms with Crippen LogP contribution in [0.3, 0.4) is 0 Å². The summed E-state index contributed by atoms with van der Waals surface area (Å²) in [4.78, 5) is 17.8. The lowest BCUT2D eigenvalue weighted by molar-refractivity contribution is -0.0329. The van der Waals surface area contributed by atoms with Gasteiger partial charge in [0.25, 0.3) is 5.91 Å². The van der Waals surface area contributed by atoms with Crippen LogP contribution in [0.4, 0.5) is 13.2 Å². The number of pyridine rings is 1. The molecule has 0 saturated carbocycles. The summed E-state index contributed by atoms with van der Waals surface area (Å²) in [6.07, 6.45) is 2.98. The first-order valence-electron chi connectivity index (χ1n) is 7.05. The Balaban J connectivity index is 0.00000264. The first-order valence-corrected chi connectivity index (χ1v) is 7.87. The van der Waals surface area contributed by atoms with Crippen molar-refractivity contribution in [3.8, 4) is 0 Å². The topological polar surface area (TPSA) is 45.2 Å². The van der Waals surface area contributed by atoms with Crippen molar-refractivity contribution in [1.82, 2.24) is 15.2 Å². The zero-order valence-corrected chi connectivity index (χ0v) is 14.2. The van der Waals surface area contributed by atoms with E-state index in [4.69, 9.17) is 0 Å². The van der Waals surface area contributed by atoms with Crippen LogP contribution in [-0.4, -0.2) is 48.0 Å². The highest BCUT2D eigenvalue weighted by molar-refractivity contribution is 8.00. The fourth-order valence-corrected chi connectivity index (χ4v) is 3.14.